The smallest absolute Gasteiger partial charge is 0.272 e. The number of nitrogens with zero attached hydrogens (tertiary/aromatic N) is 1. The summed E-state index contributed by atoms with van der Waals surface area (Å²) >= 11 is 0. The number of benzene rings is 2. The number of fused-ring (bicyclic) bond motifs is 1. The molecule has 0 radical (unpaired) electrons. The molecule has 1 heterocycles. The van der Waals surface area contributed by atoms with Crippen molar-refractivity contribution in [1.82, 2.24) is 3.97 Å². The molecular formula is C25H24F6N2O6S2. The molecule has 41 heavy (non-hydrogen) atoms. The summed E-state index contributed by atoms with van der Waals surface area (Å²) in [6.45, 7) is 0.384. The number of ether oxygens (including phenoxy) is 2. The number of sulfonamides is 1. The lowest BCUT2D eigenvalue weighted by atomic mass is 9.84. The number of anilines is 1. The molecule has 0 unspecified atom stereocenters. The predicted octanol–water partition coefficient (Wildman–Crippen LogP) is 4.90. The summed E-state index contributed by atoms with van der Waals surface area (Å²) in [5, 5.41) is 0. The second-order valence-corrected chi connectivity index (χ2v) is 12.7. The Bertz CT molecular complexity index is 1770. The summed E-state index contributed by atoms with van der Waals surface area (Å²) < 4.78 is 170. The summed E-state index contributed by atoms with van der Waals surface area (Å²) in [7, 11) is -13.0. The molecule has 0 aliphatic heterocycles. The molecule has 1 aliphatic rings. The Morgan fingerprint density at radius 1 is 1.07 bits per heavy atom. The third-order valence-corrected chi connectivity index (χ3v) is 9.64. The predicted molar refractivity (Wildman–Crippen MR) is 135 cm³/mol. The van der Waals surface area contributed by atoms with Gasteiger partial charge in [0.25, 0.3) is 32.9 Å². The first-order valence-corrected chi connectivity index (χ1v) is 14.6. The quantitative estimate of drug-likeness (QED) is 0.321. The van der Waals surface area contributed by atoms with Crippen molar-refractivity contribution < 1.29 is 56.8 Å². The van der Waals surface area contributed by atoms with Crippen LogP contribution in [-0.4, -0.2) is 52.9 Å². The molecule has 4 rings (SSSR count). The van der Waals surface area contributed by atoms with E-state index in [1.807, 2.05) is 0 Å². The maximum atomic E-state index is 14.7. The van der Waals surface area contributed by atoms with Gasteiger partial charge in [-0.15, -0.1) is 0 Å². The molecule has 3 aromatic rings. The van der Waals surface area contributed by atoms with E-state index in [0.29, 0.717) is 27.9 Å². The van der Waals surface area contributed by atoms with Gasteiger partial charge >= 0.3 is 0 Å². The first kappa shape index (κ1) is 26.6. The molecule has 224 valence electrons. The lowest BCUT2D eigenvalue weighted by Gasteiger charge is -2.35. The first-order chi connectivity index (χ1) is 20.3. The number of methoxy groups -OCH3 is 1. The number of hydrogen-bond donors (Lipinski definition) is 1. The van der Waals surface area contributed by atoms with Crippen molar-refractivity contribution in [2.75, 3.05) is 18.4 Å². The molecule has 0 fully saturated rings. The number of hydrogen-bond acceptors (Lipinski definition) is 6. The van der Waals surface area contributed by atoms with E-state index in [4.69, 9.17) is 8.85 Å². The zero-order valence-electron chi connectivity index (χ0n) is 24.0. The Kier molecular flexibility index (Phi) is 7.28. The van der Waals surface area contributed by atoms with Gasteiger partial charge in [-0.25, -0.2) is 47.2 Å². The lowest BCUT2D eigenvalue weighted by molar-refractivity contribution is -0.128. The second kappa shape index (κ2) is 11.2. The van der Waals surface area contributed by atoms with Crippen molar-refractivity contribution >= 4 is 25.7 Å². The van der Waals surface area contributed by atoms with Crippen molar-refractivity contribution in [2.45, 2.75) is 54.4 Å². The Morgan fingerprint density at radius 2 is 1.76 bits per heavy atom. The van der Waals surface area contributed by atoms with E-state index in [9.17, 15) is 43.2 Å². The molecule has 0 spiro atoms. The summed E-state index contributed by atoms with van der Waals surface area (Å²) in [5.74, 6) is -3.78. The van der Waals surface area contributed by atoms with Crippen LogP contribution in [0.5, 0.6) is 5.75 Å². The van der Waals surface area contributed by atoms with E-state index in [2.05, 4.69) is 4.74 Å². The van der Waals surface area contributed by atoms with Gasteiger partial charge in [0, 0.05) is 37.5 Å². The van der Waals surface area contributed by atoms with Crippen LogP contribution >= 0.6 is 0 Å². The lowest BCUT2D eigenvalue weighted by Crippen LogP contribution is -2.45. The van der Waals surface area contributed by atoms with Crippen LogP contribution in [0.15, 0.2) is 52.4 Å². The molecular weight excluding hydrogens is 602 g/mol. The Labute approximate surface area is 236 Å². The number of aryl methyl sites for hydroxylation is 1. The molecule has 1 atom stereocenters. The van der Waals surface area contributed by atoms with Gasteiger partial charge in [0.05, 0.1) is 14.7 Å². The highest BCUT2D eigenvalue weighted by Crippen LogP contribution is 2.41. The molecule has 0 bridgehead atoms. The molecule has 1 aliphatic carbocycles. The van der Waals surface area contributed by atoms with Gasteiger partial charge in [-0.2, -0.15) is 0 Å². The van der Waals surface area contributed by atoms with Gasteiger partial charge in [-0.1, -0.05) is 17.7 Å². The average Bonchev–Trinajstić information content (AvgIpc) is 3.29. The maximum absolute atomic E-state index is 14.7. The number of nitrogens with one attached hydrogen (secondary N) is 1. The number of aromatic nitrogens is 1. The van der Waals surface area contributed by atoms with E-state index in [-0.39, 0.29) is 10.5 Å². The molecule has 8 nitrogen and oxygen atoms in total. The van der Waals surface area contributed by atoms with Gasteiger partial charge in [-0.3, -0.25) is 4.72 Å². The monoisotopic (exact) mass is 629 g/mol. The molecule has 0 saturated carbocycles. The standard InChI is InChI=1S/C25H24F6N2O6S2/c1-14-3-5-15(6-4-14)41(36,37)33-12-22(16-7-8-25(38-2,24(30)31)11-20(16)33)40(34,35)32-19-9-18(27)21(10-17(19)26)39-13-23(28)29/h3-6,9-10,12,23-24,32H,7-8,11,13H2,1-2H3/t25-/m1/s1/i2D3. The van der Waals surface area contributed by atoms with Crippen LogP contribution in [-0.2, 0) is 37.6 Å². The highest BCUT2D eigenvalue weighted by molar-refractivity contribution is 7.93. The fourth-order valence-corrected chi connectivity index (χ4v) is 7.18. The summed E-state index contributed by atoms with van der Waals surface area (Å²) in [6, 6.07) is 5.85. The maximum Gasteiger partial charge on any atom is 0.272 e. The van der Waals surface area contributed by atoms with E-state index in [0.717, 1.165) is 0 Å². The number of alkyl halides is 4. The van der Waals surface area contributed by atoms with Gasteiger partial charge in [0.2, 0.25) is 0 Å². The van der Waals surface area contributed by atoms with Gasteiger partial charge in [-0.05, 0) is 37.5 Å². The zero-order chi connectivity index (χ0) is 32.8. The normalized spacial score (nSPS) is 19.0. The average molecular weight is 630 g/mol. The van der Waals surface area contributed by atoms with Crippen LogP contribution in [0, 0.1) is 18.6 Å². The molecule has 0 saturated heterocycles. The number of rotatable bonds is 10. The third kappa shape index (κ3) is 5.90. The van der Waals surface area contributed by atoms with Crippen LogP contribution in [0.1, 0.15) is 27.4 Å². The summed E-state index contributed by atoms with van der Waals surface area (Å²) in [5.41, 5.74) is -3.90. The minimum atomic E-state index is -5.00. The van der Waals surface area contributed by atoms with Crippen molar-refractivity contribution in [1.29, 1.82) is 0 Å². The highest BCUT2D eigenvalue weighted by Gasteiger charge is 2.47. The van der Waals surface area contributed by atoms with Crippen LogP contribution in [0.4, 0.5) is 32.0 Å². The Morgan fingerprint density at radius 3 is 2.37 bits per heavy atom. The van der Waals surface area contributed by atoms with Crippen molar-refractivity contribution in [3.05, 3.63) is 71.1 Å². The van der Waals surface area contributed by atoms with Gasteiger partial charge in [0.1, 0.15) is 17.1 Å². The fraction of sp³-hybridized carbons (Fsp3) is 0.360. The Hall–Kier alpha value is -3.24. The van der Waals surface area contributed by atoms with Crippen LogP contribution in [0.25, 0.3) is 0 Å². The first-order valence-electron chi connectivity index (χ1n) is 13.2. The second-order valence-electron chi connectivity index (χ2n) is 9.25. The van der Waals surface area contributed by atoms with Crippen LogP contribution in [0.2, 0.25) is 0 Å². The molecule has 16 heteroatoms. The fourth-order valence-electron chi connectivity index (χ4n) is 4.36. The minimum absolute atomic E-state index is 0.309. The highest BCUT2D eigenvalue weighted by atomic mass is 32.2. The van der Waals surface area contributed by atoms with Crippen molar-refractivity contribution in [3.8, 4) is 5.75 Å². The largest absolute Gasteiger partial charge is 0.484 e. The SMILES string of the molecule is [2H]C([2H])([2H])O[C@]1(C(F)F)CCc2c(S(=O)(=O)Nc3cc(F)c(OCC(F)F)cc3F)cn(S(=O)(=O)c3ccc(C)cc3)c2C1. The molecule has 2 aromatic carbocycles. The summed E-state index contributed by atoms with van der Waals surface area (Å²) in [4.78, 5) is -1.17. The topological polar surface area (TPSA) is 104 Å². The van der Waals surface area contributed by atoms with Crippen LogP contribution < -0.4 is 9.46 Å². The van der Waals surface area contributed by atoms with Gasteiger partial charge < -0.3 is 9.47 Å². The molecule has 0 amide bonds. The molecule has 1 aromatic heterocycles. The number of halogens is 6. The Balaban J connectivity index is 1.85. The minimum Gasteiger partial charge on any atom is -0.484 e. The van der Waals surface area contributed by atoms with E-state index in [1.165, 1.54) is 24.3 Å². The van der Waals surface area contributed by atoms with Gasteiger partial charge in [0.15, 0.2) is 17.4 Å². The summed E-state index contributed by atoms with van der Waals surface area (Å²) in [6.07, 6.45) is -8.27. The van der Waals surface area contributed by atoms with E-state index in [1.54, 1.807) is 11.6 Å². The van der Waals surface area contributed by atoms with E-state index >= 15 is 0 Å². The van der Waals surface area contributed by atoms with Crippen molar-refractivity contribution in [2.24, 2.45) is 0 Å². The molecule has 1 N–H and O–H groups in total. The third-order valence-electron chi connectivity index (χ3n) is 6.51. The van der Waals surface area contributed by atoms with Crippen LogP contribution in [0.3, 0.4) is 0 Å². The zero-order valence-corrected chi connectivity index (χ0v) is 22.6. The van der Waals surface area contributed by atoms with E-state index < -0.39 is 105 Å². The van der Waals surface area contributed by atoms with Crippen molar-refractivity contribution in [3.63, 3.8) is 0 Å².